The van der Waals surface area contributed by atoms with Gasteiger partial charge in [0.2, 0.25) is 0 Å². The maximum Gasteiger partial charge on any atom is 0.422 e. The van der Waals surface area contributed by atoms with Crippen LogP contribution in [0.3, 0.4) is 0 Å². The van der Waals surface area contributed by atoms with Gasteiger partial charge in [0, 0.05) is 30.7 Å². The number of carbonyl (C=O) groups excluding carboxylic acids is 1. The second-order valence-corrected chi connectivity index (χ2v) is 5.36. The van der Waals surface area contributed by atoms with Crippen LogP contribution in [0.5, 0.6) is 5.75 Å². The van der Waals surface area contributed by atoms with Crippen LogP contribution < -0.4 is 10.1 Å². The van der Waals surface area contributed by atoms with Gasteiger partial charge in [-0.3, -0.25) is 9.78 Å². The maximum absolute atomic E-state index is 12.3. The Kier molecular flexibility index (Phi) is 4.60. The van der Waals surface area contributed by atoms with E-state index < -0.39 is 18.7 Å². The van der Waals surface area contributed by atoms with Gasteiger partial charge in [-0.1, -0.05) is 6.07 Å². The minimum Gasteiger partial charge on any atom is -0.483 e. The van der Waals surface area contributed by atoms with Crippen LogP contribution in [0.15, 0.2) is 48.9 Å². The number of alkyl halides is 3. The molecule has 0 unspecified atom stereocenters. The highest BCUT2D eigenvalue weighted by atomic mass is 19.4. The lowest BCUT2D eigenvalue weighted by molar-refractivity contribution is -0.153. The number of H-pyrrole nitrogens is 1. The number of aromatic amines is 1. The summed E-state index contributed by atoms with van der Waals surface area (Å²) in [7, 11) is 0. The molecular weight excluding hydrogens is 335 g/mol. The van der Waals surface area contributed by atoms with Crippen LogP contribution in [-0.2, 0) is 6.54 Å². The Balaban J connectivity index is 1.68. The summed E-state index contributed by atoms with van der Waals surface area (Å²) in [5.74, 6) is -0.717. The number of rotatable bonds is 5. The van der Waals surface area contributed by atoms with Crippen molar-refractivity contribution in [3.63, 3.8) is 0 Å². The van der Waals surface area contributed by atoms with Crippen LogP contribution >= 0.6 is 0 Å². The van der Waals surface area contributed by atoms with E-state index in [0.717, 1.165) is 16.5 Å². The number of ether oxygens (including phenoxy) is 1. The normalized spacial score (nSPS) is 11.5. The maximum atomic E-state index is 12.3. The number of nitrogens with one attached hydrogen (secondary N) is 2. The smallest absolute Gasteiger partial charge is 0.422 e. The number of amides is 1. The van der Waals surface area contributed by atoms with Crippen LogP contribution in [0.4, 0.5) is 13.2 Å². The molecule has 0 spiro atoms. The second kappa shape index (κ2) is 6.84. The highest BCUT2D eigenvalue weighted by Crippen LogP contribution is 2.21. The lowest BCUT2D eigenvalue weighted by atomic mass is 10.1. The summed E-state index contributed by atoms with van der Waals surface area (Å²) in [6.07, 6.45) is -0.228. The SMILES string of the molecule is O=C(NCc1ccc2[nH]ccc2c1)c1cnccc1OCC(F)(F)F. The average Bonchev–Trinajstić information content (AvgIpc) is 3.05. The summed E-state index contributed by atoms with van der Waals surface area (Å²) in [6.45, 7) is -1.24. The van der Waals surface area contributed by atoms with Crippen molar-refractivity contribution in [1.29, 1.82) is 0 Å². The summed E-state index contributed by atoms with van der Waals surface area (Å²) < 4.78 is 41.6. The molecule has 8 heteroatoms. The molecule has 130 valence electrons. The molecule has 0 aliphatic carbocycles. The highest BCUT2D eigenvalue weighted by molar-refractivity contribution is 5.96. The van der Waals surface area contributed by atoms with Crippen molar-refractivity contribution in [1.82, 2.24) is 15.3 Å². The largest absolute Gasteiger partial charge is 0.483 e. The molecule has 1 amide bonds. The molecule has 1 aromatic carbocycles. The Morgan fingerprint density at radius 3 is 2.88 bits per heavy atom. The van der Waals surface area contributed by atoms with Crippen molar-refractivity contribution in [2.75, 3.05) is 6.61 Å². The molecule has 0 radical (unpaired) electrons. The summed E-state index contributed by atoms with van der Waals surface area (Å²) in [6, 6.07) is 8.79. The molecule has 0 aliphatic rings. The number of benzene rings is 1. The summed E-state index contributed by atoms with van der Waals surface area (Å²) in [5, 5.41) is 3.66. The predicted molar refractivity (Wildman–Crippen MR) is 85.3 cm³/mol. The third kappa shape index (κ3) is 4.28. The molecular formula is C17H14F3N3O2. The van der Waals surface area contributed by atoms with Crippen molar-refractivity contribution in [3.05, 3.63) is 60.0 Å². The van der Waals surface area contributed by atoms with Crippen molar-refractivity contribution in [3.8, 4) is 5.75 Å². The number of hydrogen-bond donors (Lipinski definition) is 2. The number of carbonyl (C=O) groups is 1. The van der Waals surface area contributed by atoms with Crippen LogP contribution in [-0.4, -0.2) is 28.7 Å². The Morgan fingerprint density at radius 1 is 1.24 bits per heavy atom. The van der Waals surface area contributed by atoms with Gasteiger partial charge in [0.15, 0.2) is 6.61 Å². The number of nitrogens with zero attached hydrogens (tertiary/aromatic N) is 1. The first-order valence-corrected chi connectivity index (χ1v) is 7.40. The van der Waals surface area contributed by atoms with E-state index in [-0.39, 0.29) is 17.9 Å². The van der Waals surface area contributed by atoms with Gasteiger partial charge in [0.1, 0.15) is 5.75 Å². The molecule has 3 rings (SSSR count). The van der Waals surface area contributed by atoms with Crippen LogP contribution in [0.1, 0.15) is 15.9 Å². The summed E-state index contributed by atoms with van der Waals surface area (Å²) in [4.78, 5) is 19.1. The molecule has 3 aromatic rings. The van der Waals surface area contributed by atoms with E-state index in [1.165, 1.54) is 18.5 Å². The molecule has 2 N–H and O–H groups in total. The molecule has 0 atom stereocenters. The molecule has 0 fully saturated rings. The zero-order valence-electron chi connectivity index (χ0n) is 12.9. The average molecular weight is 349 g/mol. The van der Waals surface area contributed by atoms with Gasteiger partial charge in [0.25, 0.3) is 5.91 Å². The summed E-state index contributed by atoms with van der Waals surface area (Å²) >= 11 is 0. The first-order chi connectivity index (χ1) is 11.9. The second-order valence-electron chi connectivity index (χ2n) is 5.36. The van der Waals surface area contributed by atoms with Gasteiger partial charge in [-0.25, -0.2) is 0 Å². The molecule has 0 aliphatic heterocycles. The fraction of sp³-hybridized carbons (Fsp3) is 0.176. The van der Waals surface area contributed by atoms with Crippen molar-refractivity contribution in [2.24, 2.45) is 0 Å². The minimum absolute atomic E-state index is 0.0468. The fourth-order valence-electron chi connectivity index (χ4n) is 2.33. The zero-order valence-corrected chi connectivity index (χ0v) is 12.9. The Bertz CT molecular complexity index is 890. The lowest BCUT2D eigenvalue weighted by Crippen LogP contribution is -2.25. The van der Waals surface area contributed by atoms with Crippen molar-refractivity contribution < 1.29 is 22.7 Å². The van der Waals surface area contributed by atoms with E-state index in [1.807, 2.05) is 30.5 Å². The van der Waals surface area contributed by atoms with E-state index in [4.69, 9.17) is 4.74 Å². The third-order valence-corrected chi connectivity index (χ3v) is 3.49. The molecule has 5 nitrogen and oxygen atoms in total. The molecule has 25 heavy (non-hydrogen) atoms. The monoisotopic (exact) mass is 349 g/mol. The molecule has 2 aromatic heterocycles. The summed E-state index contributed by atoms with van der Waals surface area (Å²) in [5.41, 5.74) is 1.79. The Morgan fingerprint density at radius 2 is 2.08 bits per heavy atom. The molecule has 2 heterocycles. The van der Waals surface area contributed by atoms with E-state index in [1.54, 1.807) is 0 Å². The lowest BCUT2D eigenvalue weighted by Gasteiger charge is -2.12. The first-order valence-electron chi connectivity index (χ1n) is 7.40. The van der Waals surface area contributed by atoms with E-state index in [2.05, 4.69) is 15.3 Å². The number of pyridine rings is 1. The molecule has 0 saturated heterocycles. The van der Waals surface area contributed by atoms with E-state index >= 15 is 0 Å². The van der Waals surface area contributed by atoms with Crippen molar-refractivity contribution in [2.45, 2.75) is 12.7 Å². The molecule has 0 bridgehead atoms. The van der Waals surface area contributed by atoms with Gasteiger partial charge in [-0.05, 0) is 35.2 Å². The third-order valence-electron chi connectivity index (χ3n) is 3.49. The quantitative estimate of drug-likeness (QED) is 0.742. The number of halogens is 3. The number of fused-ring (bicyclic) bond motifs is 1. The Labute approximate surface area is 140 Å². The molecule has 0 saturated carbocycles. The number of aromatic nitrogens is 2. The number of hydrogen-bond acceptors (Lipinski definition) is 3. The van der Waals surface area contributed by atoms with Gasteiger partial charge in [-0.15, -0.1) is 0 Å². The fourth-order valence-corrected chi connectivity index (χ4v) is 2.33. The first kappa shape index (κ1) is 16.8. The van der Waals surface area contributed by atoms with Gasteiger partial charge in [-0.2, -0.15) is 13.2 Å². The highest BCUT2D eigenvalue weighted by Gasteiger charge is 2.29. The minimum atomic E-state index is -4.48. The Hall–Kier alpha value is -3.03. The zero-order chi connectivity index (χ0) is 17.9. The van der Waals surface area contributed by atoms with Crippen LogP contribution in [0, 0.1) is 0 Å². The van der Waals surface area contributed by atoms with Crippen molar-refractivity contribution >= 4 is 16.8 Å². The standard InChI is InChI=1S/C17H14F3N3O2/c18-17(19,20)10-25-15-4-5-21-9-13(15)16(24)23-8-11-1-2-14-12(7-11)3-6-22-14/h1-7,9,22H,8,10H2,(H,23,24). The van der Waals surface area contributed by atoms with E-state index in [9.17, 15) is 18.0 Å². The predicted octanol–water partition coefficient (Wildman–Crippen LogP) is 3.43. The van der Waals surface area contributed by atoms with Gasteiger partial charge in [0.05, 0.1) is 5.56 Å². The van der Waals surface area contributed by atoms with E-state index in [0.29, 0.717) is 0 Å². The topological polar surface area (TPSA) is 67.0 Å². The van der Waals surface area contributed by atoms with Crippen LogP contribution in [0.25, 0.3) is 10.9 Å². The van der Waals surface area contributed by atoms with Gasteiger partial charge >= 0.3 is 6.18 Å². The van der Waals surface area contributed by atoms with Crippen LogP contribution in [0.2, 0.25) is 0 Å². The van der Waals surface area contributed by atoms with Gasteiger partial charge < -0.3 is 15.0 Å².